The molecule has 0 aromatic carbocycles. The number of hydrogen-bond acceptors (Lipinski definition) is 5. The van der Waals surface area contributed by atoms with E-state index in [9.17, 15) is 9.59 Å². The number of carbonyl (C=O) groups is 2. The number of aromatic nitrogens is 1. The molecular weight excluding hydrogens is 268 g/mol. The Morgan fingerprint density at radius 3 is 2.84 bits per heavy atom. The Kier molecular flexibility index (Phi) is 4.16. The summed E-state index contributed by atoms with van der Waals surface area (Å²) in [7, 11) is 0. The summed E-state index contributed by atoms with van der Waals surface area (Å²) in [4.78, 5) is 27.2. The van der Waals surface area contributed by atoms with Crippen molar-refractivity contribution in [2.24, 2.45) is 0 Å². The molecule has 6 nitrogen and oxygen atoms in total. The van der Waals surface area contributed by atoms with Gasteiger partial charge in [0.1, 0.15) is 16.0 Å². The number of aromatic carboxylic acids is 1. The lowest BCUT2D eigenvalue weighted by Crippen LogP contribution is -2.35. The molecule has 1 aliphatic rings. The van der Waals surface area contributed by atoms with Gasteiger partial charge in [-0.05, 0) is 26.7 Å². The Hall–Kier alpha value is -1.47. The molecule has 0 radical (unpaired) electrons. The summed E-state index contributed by atoms with van der Waals surface area (Å²) in [5.41, 5.74) is 0.478. The van der Waals surface area contributed by atoms with Gasteiger partial charge in [-0.15, -0.1) is 11.3 Å². The second-order valence-electron chi connectivity index (χ2n) is 4.50. The van der Waals surface area contributed by atoms with Crippen molar-refractivity contribution < 1.29 is 19.4 Å². The van der Waals surface area contributed by atoms with Gasteiger partial charge in [-0.2, -0.15) is 0 Å². The first-order valence-corrected chi connectivity index (χ1v) is 6.93. The summed E-state index contributed by atoms with van der Waals surface area (Å²) in [5, 5.41) is 12.4. The van der Waals surface area contributed by atoms with Crippen molar-refractivity contribution in [2.75, 3.05) is 6.61 Å². The highest BCUT2D eigenvalue weighted by Crippen LogP contribution is 2.24. The summed E-state index contributed by atoms with van der Waals surface area (Å²) in [6.45, 7) is 4.06. The van der Waals surface area contributed by atoms with Crippen molar-refractivity contribution in [2.45, 2.75) is 38.8 Å². The molecule has 19 heavy (non-hydrogen) atoms. The monoisotopic (exact) mass is 284 g/mol. The number of nitrogens with one attached hydrogen (secondary N) is 1. The van der Waals surface area contributed by atoms with E-state index in [1.807, 2.05) is 0 Å². The average molecular weight is 284 g/mol. The van der Waals surface area contributed by atoms with E-state index in [1.54, 1.807) is 13.8 Å². The quantitative estimate of drug-likeness (QED) is 0.874. The Morgan fingerprint density at radius 1 is 1.58 bits per heavy atom. The largest absolute Gasteiger partial charge is 0.477 e. The van der Waals surface area contributed by atoms with Crippen molar-refractivity contribution in [1.82, 2.24) is 10.3 Å². The Labute approximate surface area is 114 Å². The number of carboxylic acid groups (broad SMARTS) is 1. The number of rotatable bonds is 4. The van der Waals surface area contributed by atoms with E-state index in [4.69, 9.17) is 9.84 Å². The van der Waals surface area contributed by atoms with Gasteiger partial charge in [0.25, 0.3) is 0 Å². The van der Waals surface area contributed by atoms with Gasteiger partial charge in [0.15, 0.2) is 0 Å². The van der Waals surface area contributed by atoms with Crippen LogP contribution in [0.15, 0.2) is 0 Å². The first-order chi connectivity index (χ1) is 8.99. The molecule has 104 valence electrons. The van der Waals surface area contributed by atoms with E-state index < -0.39 is 5.97 Å². The van der Waals surface area contributed by atoms with Crippen LogP contribution in [0.2, 0.25) is 0 Å². The molecule has 1 saturated heterocycles. The van der Waals surface area contributed by atoms with E-state index in [0.29, 0.717) is 17.3 Å². The molecule has 0 saturated carbocycles. The van der Waals surface area contributed by atoms with Crippen LogP contribution in [-0.4, -0.2) is 34.7 Å². The van der Waals surface area contributed by atoms with Crippen LogP contribution in [0.3, 0.4) is 0 Å². The maximum absolute atomic E-state index is 11.9. The lowest BCUT2D eigenvalue weighted by atomic mass is 10.2. The normalized spacial score (nSPS) is 20.2. The second kappa shape index (κ2) is 5.66. The summed E-state index contributed by atoms with van der Waals surface area (Å²) in [6, 6.07) is -0.312. The number of amides is 1. The molecule has 1 amide bonds. The Bertz CT molecular complexity index is 494. The third-order valence-corrected chi connectivity index (χ3v) is 4.29. The topological polar surface area (TPSA) is 88.5 Å². The van der Waals surface area contributed by atoms with Crippen molar-refractivity contribution in [1.29, 1.82) is 0 Å². The molecule has 2 rings (SSSR count). The van der Waals surface area contributed by atoms with E-state index in [1.165, 1.54) is 0 Å². The molecule has 0 bridgehead atoms. The fraction of sp³-hybridized carbons (Fsp3) is 0.583. The van der Waals surface area contributed by atoms with E-state index in [2.05, 4.69) is 10.3 Å². The van der Waals surface area contributed by atoms with Crippen molar-refractivity contribution in [3.63, 3.8) is 0 Å². The van der Waals surface area contributed by atoms with Gasteiger partial charge in [-0.25, -0.2) is 9.78 Å². The van der Waals surface area contributed by atoms with Crippen LogP contribution < -0.4 is 5.32 Å². The van der Waals surface area contributed by atoms with Gasteiger partial charge in [0.2, 0.25) is 5.91 Å². The fourth-order valence-corrected chi connectivity index (χ4v) is 2.86. The zero-order valence-corrected chi connectivity index (χ0v) is 11.6. The third-order valence-electron chi connectivity index (χ3n) is 2.96. The van der Waals surface area contributed by atoms with Crippen molar-refractivity contribution in [3.05, 3.63) is 15.6 Å². The molecule has 1 fully saturated rings. The van der Waals surface area contributed by atoms with Gasteiger partial charge in [-0.3, -0.25) is 4.79 Å². The summed E-state index contributed by atoms with van der Waals surface area (Å²) in [5.74, 6) is -1.14. The number of aryl methyl sites for hydroxylation is 1. The third kappa shape index (κ3) is 3.10. The molecular formula is C12H16N2O4S. The minimum Gasteiger partial charge on any atom is -0.477 e. The van der Waals surface area contributed by atoms with E-state index >= 15 is 0 Å². The van der Waals surface area contributed by atoms with Crippen LogP contribution in [0, 0.1) is 6.92 Å². The van der Waals surface area contributed by atoms with Gasteiger partial charge >= 0.3 is 5.97 Å². The van der Waals surface area contributed by atoms with E-state index in [-0.39, 0.29) is 22.9 Å². The molecule has 0 spiro atoms. The van der Waals surface area contributed by atoms with Crippen LogP contribution in [-0.2, 0) is 9.53 Å². The standard InChI is InChI=1S/C12H16N2O4S/c1-6-9(12(16)17)19-11(14-6)7(2)13-10(15)8-4-3-5-18-8/h7-8H,3-5H2,1-2H3,(H,13,15)(H,16,17). The first kappa shape index (κ1) is 14.0. The number of thiazole rings is 1. The Morgan fingerprint density at radius 2 is 2.32 bits per heavy atom. The maximum Gasteiger partial charge on any atom is 0.347 e. The fourth-order valence-electron chi connectivity index (χ4n) is 1.95. The number of carboxylic acids is 1. The zero-order chi connectivity index (χ0) is 14.0. The predicted octanol–water partition coefficient (Wildman–Crippen LogP) is 1.51. The molecule has 1 aliphatic heterocycles. The molecule has 2 heterocycles. The average Bonchev–Trinajstić information content (AvgIpc) is 2.96. The summed E-state index contributed by atoms with van der Waals surface area (Å²) < 4.78 is 5.30. The smallest absolute Gasteiger partial charge is 0.347 e. The van der Waals surface area contributed by atoms with Crippen LogP contribution in [0.4, 0.5) is 0 Å². The minimum atomic E-state index is -0.987. The van der Waals surface area contributed by atoms with Crippen LogP contribution in [0.1, 0.15) is 46.2 Å². The number of ether oxygens (including phenoxy) is 1. The van der Waals surface area contributed by atoms with Crippen LogP contribution in [0.25, 0.3) is 0 Å². The molecule has 1 aromatic heterocycles. The van der Waals surface area contributed by atoms with Crippen molar-refractivity contribution >= 4 is 23.2 Å². The first-order valence-electron chi connectivity index (χ1n) is 6.11. The maximum atomic E-state index is 11.9. The Balaban J connectivity index is 2.03. The predicted molar refractivity (Wildman–Crippen MR) is 69.3 cm³/mol. The van der Waals surface area contributed by atoms with Crippen LogP contribution in [0.5, 0.6) is 0 Å². The lowest BCUT2D eigenvalue weighted by molar-refractivity contribution is -0.130. The highest BCUT2D eigenvalue weighted by molar-refractivity contribution is 7.13. The van der Waals surface area contributed by atoms with Gasteiger partial charge in [0, 0.05) is 6.61 Å². The highest BCUT2D eigenvalue weighted by Gasteiger charge is 2.26. The highest BCUT2D eigenvalue weighted by atomic mass is 32.1. The van der Waals surface area contributed by atoms with Crippen molar-refractivity contribution in [3.8, 4) is 0 Å². The van der Waals surface area contributed by atoms with Crippen LogP contribution >= 0.6 is 11.3 Å². The molecule has 2 N–H and O–H groups in total. The number of hydrogen-bond donors (Lipinski definition) is 2. The lowest BCUT2D eigenvalue weighted by Gasteiger charge is -2.14. The zero-order valence-electron chi connectivity index (χ0n) is 10.8. The number of nitrogens with zero attached hydrogens (tertiary/aromatic N) is 1. The SMILES string of the molecule is Cc1nc(C(C)NC(=O)C2CCCO2)sc1C(=O)O. The van der Waals surface area contributed by atoms with Gasteiger partial charge in [0.05, 0.1) is 11.7 Å². The second-order valence-corrected chi connectivity index (χ2v) is 5.53. The van der Waals surface area contributed by atoms with Gasteiger partial charge in [-0.1, -0.05) is 0 Å². The summed E-state index contributed by atoms with van der Waals surface area (Å²) >= 11 is 1.09. The molecule has 2 atom stereocenters. The number of carbonyl (C=O) groups excluding carboxylic acids is 1. The molecule has 7 heteroatoms. The summed E-state index contributed by atoms with van der Waals surface area (Å²) in [6.07, 6.45) is 1.24. The molecule has 2 unspecified atom stereocenters. The van der Waals surface area contributed by atoms with E-state index in [0.717, 1.165) is 24.2 Å². The minimum absolute atomic E-state index is 0.158. The van der Waals surface area contributed by atoms with Gasteiger partial charge < -0.3 is 15.2 Å². The molecule has 0 aliphatic carbocycles. The molecule has 1 aromatic rings.